The molecule has 0 unspecified atom stereocenters. The second-order valence-electron chi connectivity index (χ2n) is 4.36. The van der Waals surface area contributed by atoms with Gasteiger partial charge in [-0.1, -0.05) is 11.6 Å². The Morgan fingerprint density at radius 2 is 2.14 bits per heavy atom. The molecule has 116 valence electrons. The van der Waals surface area contributed by atoms with Crippen LogP contribution in [0.15, 0.2) is 23.3 Å². The summed E-state index contributed by atoms with van der Waals surface area (Å²) in [6.07, 6.45) is 1.43. The maximum absolute atomic E-state index is 11.7. The number of carbonyl (C=O) groups is 1. The van der Waals surface area contributed by atoms with Crippen molar-refractivity contribution in [3.05, 3.63) is 40.2 Å². The molecule has 0 fully saturated rings. The highest BCUT2D eigenvalue weighted by atomic mass is 35.5. The van der Waals surface area contributed by atoms with Gasteiger partial charge in [-0.05, 0) is 19.1 Å². The van der Waals surface area contributed by atoms with E-state index in [0.717, 1.165) is 5.69 Å². The third-order valence-corrected chi connectivity index (χ3v) is 3.13. The zero-order valence-corrected chi connectivity index (χ0v) is 13.0. The maximum atomic E-state index is 11.7. The van der Waals surface area contributed by atoms with E-state index in [2.05, 4.69) is 20.7 Å². The lowest BCUT2D eigenvalue weighted by Crippen LogP contribution is -2.18. The molecule has 22 heavy (non-hydrogen) atoms. The predicted octanol–water partition coefficient (Wildman–Crippen LogP) is 2.29. The largest absolute Gasteiger partial charge is 0.454 e. The Hall–Kier alpha value is -2.25. The molecule has 9 heteroatoms. The van der Waals surface area contributed by atoms with Crippen LogP contribution in [0.25, 0.3) is 0 Å². The highest BCUT2D eigenvalue weighted by Gasteiger charge is 2.15. The minimum absolute atomic E-state index is 0. The molecule has 7 nitrogen and oxygen atoms in total. The zero-order valence-electron chi connectivity index (χ0n) is 11.4. The van der Waals surface area contributed by atoms with Crippen molar-refractivity contribution < 1.29 is 14.3 Å². The van der Waals surface area contributed by atoms with Gasteiger partial charge in [-0.2, -0.15) is 10.2 Å². The highest BCUT2D eigenvalue weighted by molar-refractivity contribution is 6.33. The number of aromatic nitrogens is 2. The molecule has 2 heterocycles. The molecule has 3 rings (SSSR count). The van der Waals surface area contributed by atoms with Crippen LogP contribution in [0.2, 0.25) is 5.02 Å². The first-order valence-corrected chi connectivity index (χ1v) is 6.46. The van der Waals surface area contributed by atoms with Crippen LogP contribution < -0.4 is 14.9 Å². The summed E-state index contributed by atoms with van der Waals surface area (Å²) in [5, 5.41) is 10.8. The van der Waals surface area contributed by atoms with Crippen LogP contribution in [0.1, 0.15) is 21.7 Å². The lowest BCUT2D eigenvalue weighted by Gasteiger charge is -2.01. The van der Waals surface area contributed by atoms with Gasteiger partial charge in [-0.25, -0.2) is 5.43 Å². The van der Waals surface area contributed by atoms with Gasteiger partial charge in [0, 0.05) is 17.3 Å². The highest BCUT2D eigenvalue weighted by Crippen LogP contribution is 2.36. The van der Waals surface area contributed by atoms with Crippen LogP contribution in [0.3, 0.4) is 0 Å². The normalized spacial score (nSPS) is 12.3. The monoisotopic (exact) mass is 342 g/mol. The quantitative estimate of drug-likeness (QED) is 0.661. The molecule has 1 aliphatic heterocycles. The number of benzene rings is 1. The van der Waals surface area contributed by atoms with Crippen molar-refractivity contribution in [1.82, 2.24) is 15.6 Å². The van der Waals surface area contributed by atoms with E-state index in [-0.39, 0.29) is 24.9 Å². The number of hydrazone groups is 1. The zero-order chi connectivity index (χ0) is 14.8. The Balaban J connectivity index is 0.00000176. The molecule has 1 aliphatic rings. The van der Waals surface area contributed by atoms with Crippen molar-refractivity contribution in [2.24, 2.45) is 5.10 Å². The summed E-state index contributed by atoms with van der Waals surface area (Å²) in [7, 11) is 0. The Bertz CT molecular complexity index is 730. The van der Waals surface area contributed by atoms with Gasteiger partial charge in [0.25, 0.3) is 5.91 Å². The average molecular weight is 343 g/mol. The summed E-state index contributed by atoms with van der Waals surface area (Å²) in [6, 6.07) is 4.96. The fraction of sp³-hybridized carbons (Fsp3) is 0.154. The van der Waals surface area contributed by atoms with Crippen LogP contribution in [0.4, 0.5) is 0 Å². The molecule has 1 aromatic carbocycles. The number of fused-ring (bicyclic) bond motifs is 1. The summed E-state index contributed by atoms with van der Waals surface area (Å²) in [5.74, 6) is 0.774. The van der Waals surface area contributed by atoms with Crippen molar-refractivity contribution in [3.63, 3.8) is 0 Å². The Kier molecular flexibility index (Phi) is 4.89. The number of aryl methyl sites for hydroxylation is 1. The molecule has 0 bridgehead atoms. The SMILES string of the molecule is Cc1cc(C(=O)N/N=C/c2cc3c(cc2Cl)OCO3)n[nH]1.Cl. The van der Waals surface area contributed by atoms with E-state index in [1.807, 2.05) is 0 Å². The Morgan fingerprint density at radius 1 is 1.41 bits per heavy atom. The molecule has 1 aromatic heterocycles. The van der Waals surface area contributed by atoms with Gasteiger partial charge in [0.2, 0.25) is 6.79 Å². The number of halogens is 2. The minimum Gasteiger partial charge on any atom is -0.454 e. The number of nitrogens with zero attached hydrogens (tertiary/aromatic N) is 2. The van der Waals surface area contributed by atoms with E-state index in [1.54, 1.807) is 25.1 Å². The molecule has 0 atom stereocenters. The molecule has 0 saturated heterocycles. The molecule has 1 amide bonds. The minimum atomic E-state index is -0.410. The fourth-order valence-corrected chi connectivity index (χ4v) is 1.99. The average Bonchev–Trinajstić information content (AvgIpc) is 3.07. The van der Waals surface area contributed by atoms with Crippen molar-refractivity contribution >= 4 is 36.1 Å². The first-order valence-electron chi connectivity index (χ1n) is 6.08. The summed E-state index contributed by atoms with van der Waals surface area (Å²) < 4.78 is 10.5. The number of rotatable bonds is 3. The first-order chi connectivity index (χ1) is 10.1. The second-order valence-corrected chi connectivity index (χ2v) is 4.77. The number of ether oxygens (including phenoxy) is 2. The molecule has 0 radical (unpaired) electrons. The van der Waals surface area contributed by atoms with Crippen LogP contribution >= 0.6 is 24.0 Å². The van der Waals surface area contributed by atoms with Gasteiger partial charge in [-0.15, -0.1) is 12.4 Å². The van der Waals surface area contributed by atoms with Gasteiger partial charge in [0.1, 0.15) is 0 Å². The van der Waals surface area contributed by atoms with Crippen molar-refractivity contribution in [3.8, 4) is 11.5 Å². The van der Waals surface area contributed by atoms with Crippen LogP contribution in [0, 0.1) is 6.92 Å². The number of carbonyl (C=O) groups excluding carboxylic acids is 1. The fourth-order valence-electron chi connectivity index (χ4n) is 1.78. The summed E-state index contributed by atoms with van der Waals surface area (Å²) in [4.78, 5) is 11.7. The van der Waals surface area contributed by atoms with E-state index >= 15 is 0 Å². The van der Waals surface area contributed by atoms with Gasteiger partial charge in [0.05, 0.1) is 11.2 Å². The van der Waals surface area contributed by atoms with Crippen LogP contribution in [0.5, 0.6) is 11.5 Å². The van der Waals surface area contributed by atoms with Crippen LogP contribution in [-0.4, -0.2) is 29.1 Å². The lowest BCUT2D eigenvalue weighted by atomic mass is 10.2. The van der Waals surface area contributed by atoms with E-state index in [0.29, 0.717) is 22.1 Å². The van der Waals surface area contributed by atoms with Crippen molar-refractivity contribution in [1.29, 1.82) is 0 Å². The third kappa shape index (κ3) is 3.32. The second kappa shape index (κ2) is 6.67. The summed E-state index contributed by atoms with van der Waals surface area (Å²) in [5.41, 5.74) is 4.04. The third-order valence-electron chi connectivity index (χ3n) is 2.80. The smallest absolute Gasteiger partial charge is 0.291 e. The summed E-state index contributed by atoms with van der Waals surface area (Å²) >= 11 is 6.09. The standard InChI is InChI=1S/C13H11ClN4O3.ClH/c1-7-2-10(17-16-7)13(19)18-15-5-8-3-11-12(4-9(8)14)21-6-20-11;/h2-5H,6H2,1H3,(H,16,17)(H,18,19);1H/b15-5+;. The molecular formula is C13H12Cl2N4O3. The molecule has 0 aliphatic carbocycles. The summed E-state index contributed by atoms with van der Waals surface area (Å²) in [6.45, 7) is 1.97. The van der Waals surface area contributed by atoms with E-state index in [9.17, 15) is 4.79 Å². The molecular weight excluding hydrogens is 331 g/mol. The first kappa shape index (κ1) is 16.1. The van der Waals surface area contributed by atoms with E-state index in [4.69, 9.17) is 21.1 Å². The Morgan fingerprint density at radius 3 is 2.82 bits per heavy atom. The number of hydrogen-bond donors (Lipinski definition) is 2. The number of amides is 1. The Labute approximate surface area is 137 Å². The maximum Gasteiger partial charge on any atom is 0.291 e. The van der Waals surface area contributed by atoms with Crippen LogP contribution in [-0.2, 0) is 0 Å². The molecule has 2 aromatic rings. The number of hydrogen-bond acceptors (Lipinski definition) is 5. The topological polar surface area (TPSA) is 88.6 Å². The van der Waals surface area contributed by atoms with Crippen molar-refractivity contribution in [2.45, 2.75) is 6.92 Å². The number of nitrogens with one attached hydrogen (secondary N) is 2. The predicted molar refractivity (Wildman–Crippen MR) is 83.2 cm³/mol. The molecule has 2 N–H and O–H groups in total. The molecule has 0 spiro atoms. The molecule has 0 saturated carbocycles. The number of aromatic amines is 1. The van der Waals surface area contributed by atoms with Gasteiger partial charge < -0.3 is 9.47 Å². The van der Waals surface area contributed by atoms with Crippen molar-refractivity contribution in [2.75, 3.05) is 6.79 Å². The van der Waals surface area contributed by atoms with E-state index < -0.39 is 5.91 Å². The van der Waals surface area contributed by atoms with Gasteiger partial charge >= 0.3 is 0 Å². The van der Waals surface area contributed by atoms with Gasteiger partial charge in [-0.3, -0.25) is 9.89 Å². The lowest BCUT2D eigenvalue weighted by molar-refractivity contribution is 0.0950. The number of H-pyrrole nitrogens is 1. The van der Waals surface area contributed by atoms with E-state index in [1.165, 1.54) is 6.21 Å². The van der Waals surface area contributed by atoms with Gasteiger partial charge in [0.15, 0.2) is 17.2 Å².